The molecule has 142 valence electrons. The van der Waals surface area contributed by atoms with Gasteiger partial charge in [0.1, 0.15) is 5.82 Å². The number of hydrogen-bond donors (Lipinski definition) is 3. The second-order valence-electron chi connectivity index (χ2n) is 7.62. The maximum Gasteiger partial charge on any atom is 0.323 e. The zero-order chi connectivity index (χ0) is 18.6. The largest absolute Gasteiger partial charge is 0.323 e. The Morgan fingerprint density at radius 1 is 0.963 bits per heavy atom. The Morgan fingerprint density at radius 3 is 2.48 bits per heavy atom. The van der Waals surface area contributed by atoms with Crippen LogP contribution < -0.4 is 11.0 Å². The highest BCUT2D eigenvalue weighted by atomic mass is 19.1. The first-order valence-electron chi connectivity index (χ1n) is 9.87. The third-order valence-electron chi connectivity index (χ3n) is 5.73. The van der Waals surface area contributed by atoms with Crippen LogP contribution in [0.15, 0.2) is 47.3 Å². The molecule has 3 N–H and O–H groups in total. The maximum atomic E-state index is 12.9. The van der Waals surface area contributed by atoms with Gasteiger partial charge in [-0.25, -0.2) is 9.18 Å². The van der Waals surface area contributed by atoms with E-state index in [0.29, 0.717) is 12.0 Å². The van der Waals surface area contributed by atoms with Crippen molar-refractivity contribution in [3.63, 3.8) is 0 Å². The number of nitrogens with one attached hydrogen (secondary N) is 3. The Hall–Kier alpha value is -2.40. The lowest BCUT2D eigenvalue weighted by atomic mass is 9.81. The number of fused-ring (bicyclic) bond motifs is 1. The highest BCUT2D eigenvalue weighted by molar-refractivity contribution is 5.75. The molecule has 0 spiro atoms. The van der Waals surface area contributed by atoms with E-state index in [4.69, 9.17) is 0 Å². The van der Waals surface area contributed by atoms with E-state index in [1.807, 2.05) is 18.2 Å². The minimum absolute atomic E-state index is 0.143. The van der Waals surface area contributed by atoms with Crippen LogP contribution in [-0.2, 0) is 6.42 Å². The highest BCUT2D eigenvalue weighted by Crippen LogP contribution is 2.33. The second kappa shape index (κ2) is 8.09. The lowest BCUT2D eigenvalue weighted by molar-refractivity contribution is 0.342. The summed E-state index contributed by atoms with van der Waals surface area (Å²) < 4.78 is 12.9. The molecule has 3 aromatic rings. The molecular formula is C22H26FN3O. The van der Waals surface area contributed by atoms with E-state index in [1.54, 1.807) is 0 Å². The molecule has 0 unspecified atom stereocenters. The summed E-state index contributed by atoms with van der Waals surface area (Å²) in [4.78, 5) is 17.1. The van der Waals surface area contributed by atoms with Gasteiger partial charge < -0.3 is 15.3 Å². The van der Waals surface area contributed by atoms with Crippen LogP contribution in [0, 0.1) is 5.82 Å². The van der Waals surface area contributed by atoms with Gasteiger partial charge in [0, 0.05) is 6.04 Å². The molecule has 0 saturated heterocycles. The molecule has 0 aliphatic heterocycles. The van der Waals surface area contributed by atoms with E-state index in [2.05, 4.69) is 27.4 Å². The molecule has 1 saturated carbocycles. The summed E-state index contributed by atoms with van der Waals surface area (Å²) >= 11 is 0. The summed E-state index contributed by atoms with van der Waals surface area (Å²) in [7, 11) is 0. The van der Waals surface area contributed by atoms with Gasteiger partial charge in [0.2, 0.25) is 0 Å². The van der Waals surface area contributed by atoms with Crippen LogP contribution in [0.2, 0.25) is 0 Å². The van der Waals surface area contributed by atoms with Crippen LogP contribution >= 0.6 is 0 Å². The minimum atomic E-state index is -0.171. The van der Waals surface area contributed by atoms with Crippen molar-refractivity contribution >= 4 is 11.0 Å². The van der Waals surface area contributed by atoms with Gasteiger partial charge in [0.05, 0.1) is 11.0 Å². The molecule has 1 fully saturated rings. The summed E-state index contributed by atoms with van der Waals surface area (Å²) in [5.74, 6) is 0.403. The zero-order valence-electron chi connectivity index (χ0n) is 15.4. The van der Waals surface area contributed by atoms with Crippen molar-refractivity contribution in [2.24, 2.45) is 0 Å². The average molecular weight is 367 g/mol. The van der Waals surface area contributed by atoms with Gasteiger partial charge in [-0.3, -0.25) is 0 Å². The molecule has 1 heterocycles. The molecule has 5 heteroatoms. The molecule has 1 aliphatic rings. The van der Waals surface area contributed by atoms with E-state index < -0.39 is 0 Å². The molecule has 4 rings (SSSR count). The van der Waals surface area contributed by atoms with E-state index >= 15 is 0 Å². The molecule has 0 bridgehead atoms. The molecule has 27 heavy (non-hydrogen) atoms. The number of H-pyrrole nitrogens is 2. The van der Waals surface area contributed by atoms with Crippen molar-refractivity contribution in [1.82, 2.24) is 15.3 Å². The third-order valence-corrected chi connectivity index (χ3v) is 5.73. The molecular weight excluding hydrogens is 341 g/mol. The van der Waals surface area contributed by atoms with E-state index in [1.165, 1.54) is 48.9 Å². The van der Waals surface area contributed by atoms with Gasteiger partial charge in [0.15, 0.2) is 0 Å². The van der Waals surface area contributed by atoms with Crippen molar-refractivity contribution < 1.29 is 4.39 Å². The third kappa shape index (κ3) is 4.48. The Kier molecular flexibility index (Phi) is 5.39. The van der Waals surface area contributed by atoms with Gasteiger partial charge in [-0.05, 0) is 86.4 Å². The van der Waals surface area contributed by atoms with Crippen molar-refractivity contribution in [3.8, 4) is 0 Å². The lowest BCUT2D eigenvalue weighted by Crippen LogP contribution is -2.33. The van der Waals surface area contributed by atoms with Crippen molar-refractivity contribution in [1.29, 1.82) is 0 Å². The molecule has 2 aromatic carbocycles. The first-order chi connectivity index (χ1) is 13.2. The summed E-state index contributed by atoms with van der Waals surface area (Å²) in [5, 5.41) is 3.68. The molecule has 4 nitrogen and oxygen atoms in total. The van der Waals surface area contributed by atoms with Crippen molar-refractivity contribution in [2.45, 2.75) is 50.5 Å². The van der Waals surface area contributed by atoms with Gasteiger partial charge in [-0.1, -0.05) is 18.2 Å². The highest BCUT2D eigenvalue weighted by Gasteiger charge is 2.22. The normalized spacial score (nSPS) is 20.2. The Morgan fingerprint density at radius 2 is 1.70 bits per heavy atom. The summed E-state index contributed by atoms with van der Waals surface area (Å²) in [6.07, 6.45) is 6.78. The number of halogens is 1. The van der Waals surface area contributed by atoms with E-state index in [0.717, 1.165) is 30.4 Å². The summed E-state index contributed by atoms with van der Waals surface area (Å²) in [5.41, 5.74) is 4.15. The van der Waals surface area contributed by atoms with Crippen LogP contribution in [0.3, 0.4) is 0 Å². The van der Waals surface area contributed by atoms with E-state index in [9.17, 15) is 9.18 Å². The zero-order valence-corrected chi connectivity index (χ0v) is 15.4. The number of rotatable bonds is 6. The van der Waals surface area contributed by atoms with Gasteiger partial charge in [-0.15, -0.1) is 0 Å². The van der Waals surface area contributed by atoms with Crippen LogP contribution in [0.5, 0.6) is 0 Å². The molecule has 1 aromatic heterocycles. The smallest absolute Gasteiger partial charge is 0.314 e. The number of hydrogen-bond acceptors (Lipinski definition) is 2. The molecule has 0 amide bonds. The topological polar surface area (TPSA) is 60.7 Å². The Bertz CT molecular complexity index is 936. The average Bonchev–Trinajstić information content (AvgIpc) is 3.06. The summed E-state index contributed by atoms with van der Waals surface area (Å²) in [6.45, 7) is 1.00. The lowest BCUT2D eigenvalue weighted by Gasteiger charge is -2.29. The van der Waals surface area contributed by atoms with E-state index in [-0.39, 0.29) is 11.5 Å². The monoisotopic (exact) mass is 367 g/mol. The van der Waals surface area contributed by atoms with Gasteiger partial charge in [-0.2, -0.15) is 0 Å². The standard InChI is InChI=1S/C22H26FN3O/c23-18-8-3-15(4-9-18)2-1-13-24-19-10-5-16(6-11-19)17-7-12-20-21(14-17)26-22(27)25-20/h3-4,7-9,12,14,16,19,24H,1-2,5-6,10-11,13H2,(H2,25,26,27)/t16-,19-. The fourth-order valence-electron chi connectivity index (χ4n) is 4.18. The van der Waals surface area contributed by atoms with Gasteiger partial charge in [0.25, 0.3) is 0 Å². The maximum absolute atomic E-state index is 12.9. The molecule has 0 radical (unpaired) electrons. The van der Waals surface area contributed by atoms with Crippen LogP contribution in [0.4, 0.5) is 4.39 Å². The summed E-state index contributed by atoms with van der Waals surface area (Å²) in [6, 6.07) is 13.7. The molecule has 1 aliphatic carbocycles. The number of aromatic amines is 2. The number of aromatic nitrogens is 2. The fourth-order valence-corrected chi connectivity index (χ4v) is 4.18. The van der Waals surface area contributed by atoms with Crippen molar-refractivity contribution in [3.05, 3.63) is 69.9 Å². The number of imidazole rings is 1. The second-order valence-corrected chi connectivity index (χ2v) is 7.62. The van der Waals surface area contributed by atoms with Crippen LogP contribution in [0.25, 0.3) is 11.0 Å². The van der Waals surface area contributed by atoms with Crippen LogP contribution in [-0.4, -0.2) is 22.6 Å². The first kappa shape index (κ1) is 18.0. The Balaban J connectivity index is 1.22. The minimum Gasteiger partial charge on any atom is -0.314 e. The predicted octanol–water partition coefficient (Wildman–Crippen LogP) is 4.24. The van der Waals surface area contributed by atoms with Crippen LogP contribution in [0.1, 0.15) is 49.1 Å². The SMILES string of the molecule is O=c1[nH]c2ccc([C@H]3CC[C@H](NCCCc4ccc(F)cc4)CC3)cc2[nH]1. The van der Waals surface area contributed by atoms with Gasteiger partial charge >= 0.3 is 5.69 Å². The molecule has 0 atom stereocenters. The Labute approximate surface area is 158 Å². The van der Waals surface area contributed by atoms with Crippen molar-refractivity contribution in [2.75, 3.05) is 6.54 Å². The number of benzene rings is 2. The number of aryl methyl sites for hydroxylation is 1. The fraction of sp³-hybridized carbons (Fsp3) is 0.409. The quantitative estimate of drug-likeness (QED) is 0.571. The predicted molar refractivity (Wildman–Crippen MR) is 107 cm³/mol. The first-order valence-corrected chi connectivity index (χ1v) is 9.87.